The third-order valence-electron chi connectivity index (χ3n) is 7.70. The fourth-order valence-corrected chi connectivity index (χ4v) is 5.49. The van der Waals surface area contributed by atoms with E-state index >= 15 is 0 Å². The van der Waals surface area contributed by atoms with Crippen molar-refractivity contribution >= 4 is 12.0 Å². The summed E-state index contributed by atoms with van der Waals surface area (Å²) in [6.45, 7) is 7.72. The number of likely N-dealkylation sites (tertiary alicyclic amines) is 2. The van der Waals surface area contributed by atoms with Gasteiger partial charge in [0.2, 0.25) is 5.91 Å². The Morgan fingerprint density at radius 3 is 2.72 bits per heavy atom. The second-order valence-corrected chi connectivity index (χ2v) is 9.84. The second kappa shape index (κ2) is 9.14. The van der Waals surface area contributed by atoms with Gasteiger partial charge < -0.3 is 4.90 Å². The van der Waals surface area contributed by atoms with Crippen molar-refractivity contribution in [1.29, 1.82) is 0 Å². The van der Waals surface area contributed by atoms with Gasteiger partial charge in [-0.3, -0.25) is 9.69 Å². The number of hydrogen-bond donors (Lipinski definition) is 0. The van der Waals surface area contributed by atoms with Crippen LogP contribution in [0.5, 0.6) is 0 Å². The predicted octanol–water partition coefficient (Wildman–Crippen LogP) is 3.27. The number of hydrogen-bond acceptors (Lipinski definition) is 5. The molecule has 32 heavy (non-hydrogen) atoms. The van der Waals surface area contributed by atoms with Crippen LogP contribution >= 0.6 is 0 Å². The van der Waals surface area contributed by atoms with Gasteiger partial charge in [0, 0.05) is 31.5 Å². The molecule has 0 bridgehead atoms. The number of allylic oxidation sites excluding steroid dienone is 1. The number of fused-ring (bicyclic) bond motifs is 2. The Morgan fingerprint density at radius 1 is 1.12 bits per heavy atom. The largest absolute Gasteiger partial charge is 0.343 e. The quantitative estimate of drug-likeness (QED) is 0.698. The van der Waals surface area contributed by atoms with Gasteiger partial charge in [-0.1, -0.05) is 43.3 Å². The van der Waals surface area contributed by atoms with Gasteiger partial charge in [-0.2, -0.15) is 0 Å². The van der Waals surface area contributed by atoms with Crippen molar-refractivity contribution < 1.29 is 4.79 Å². The zero-order valence-corrected chi connectivity index (χ0v) is 19.1. The molecule has 2 fully saturated rings. The summed E-state index contributed by atoms with van der Waals surface area (Å²) in [7, 11) is 0. The molecule has 0 radical (unpaired) electrons. The topological polar surface area (TPSA) is 67.2 Å². The van der Waals surface area contributed by atoms with Crippen molar-refractivity contribution in [2.45, 2.75) is 64.0 Å². The molecule has 1 aromatic carbocycles. The van der Waals surface area contributed by atoms with E-state index in [2.05, 4.69) is 68.7 Å². The minimum atomic E-state index is 0.126. The summed E-state index contributed by atoms with van der Waals surface area (Å²) in [5, 5.41) is 12.3. The Hall–Kier alpha value is -2.54. The lowest BCUT2D eigenvalue weighted by Gasteiger charge is -2.39. The fraction of sp³-hybridized carbons (Fsp3) is 0.600. The Morgan fingerprint density at radius 2 is 1.91 bits per heavy atom. The van der Waals surface area contributed by atoms with Crippen molar-refractivity contribution in [3.8, 4) is 0 Å². The summed E-state index contributed by atoms with van der Waals surface area (Å²) in [6, 6.07) is 8.67. The van der Waals surface area contributed by atoms with Crippen LogP contribution in [0.2, 0.25) is 0 Å². The van der Waals surface area contributed by atoms with Crippen LogP contribution in [-0.4, -0.2) is 62.1 Å². The minimum absolute atomic E-state index is 0.126. The summed E-state index contributed by atoms with van der Waals surface area (Å²) in [5.41, 5.74) is 2.89. The van der Waals surface area contributed by atoms with E-state index in [1.165, 1.54) is 24.0 Å². The van der Waals surface area contributed by atoms with E-state index in [1.807, 2.05) is 4.68 Å². The molecule has 2 aromatic rings. The first kappa shape index (κ1) is 21.3. The first-order chi connectivity index (χ1) is 15.6. The number of tetrazole rings is 1. The molecule has 1 aliphatic carbocycles. The highest BCUT2D eigenvalue weighted by Gasteiger charge is 2.38. The molecular formula is C25H34N6O. The molecule has 7 nitrogen and oxygen atoms in total. The molecule has 3 aliphatic rings. The third kappa shape index (κ3) is 4.35. The lowest BCUT2D eigenvalue weighted by molar-refractivity contribution is -0.132. The molecule has 2 saturated heterocycles. The van der Waals surface area contributed by atoms with Crippen molar-refractivity contribution in [3.05, 3.63) is 47.3 Å². The van der Waals surface area contributed by atoms with Crippen molar-refractivity contribution in [1.82, 2.24) is 30.0 Å². The normalized spacial score (nSPS) is 20.7. The molecule has 0 atom stereocenters. The Kier molecular flexibility index (Phi) is 6.09. The number of nitrogens with zero attached hydrogens (tertiary/aromatic N) is 6. The maximum Gasteiger partial charge on any atom is 0.222 e. The van der Waals surface area contributed by atoms with E-state index in [0.29, 0.717) is 13.0 Å². The van der Waals surface area contributed by atoms with E-state index in [0.717, 1.165) is 63.7 Å². The van der Waals surface area contributed by atoms with E-state index in [-0.39, 0.29) is 11.3 Å². The predicted molar refractivity (Wildman–Crippen MR) is 124 cm³/mol. The van der Waals surface area contributed by atoms with Crippen LogP contribution in [0, 0.1) is 5.92 Å². The van der Waals surface area contributed by atoms with Crippen LogP contribution in [0.3, 0.4) is 0 Å². The number of aryl methyl sites for hydroxylation is 1. The van der Waals surface area contributed by atoms with Crippen LogP contribution in [0.25, 0.3) is 6.08 Å². The van der Waals surface area contributed by atoms with Gasteiger partial charge in [-0.25, -0.2) is 4.68 Å². The van der Waals surface area contributed by atoms with Gasteiger partial charge in [-0.15, -0.1) is 5.10 Å². The zero-order valence-electron chi connectivity index (χ0n) is 19.1. The molecule has 1 amide bonds. The molecule has 0 N–H and O–H groups in total. The van der Waals surface area contributed by atoms with Crippen LogP contribution in [0.4, 0.5) is 0 Å². The van der Waals surface area contributed by atoms with E-state index in [1.54, 1.807) is 0 Å². The molecule has 0 unspecified atom stereocenters. The highest BCUT2D eigenvalue weighted by molar-refractivity contribution is 5.76. The standard InChI is InChI=1S/C25H34N6O/c1-20-9-15-29(16-10-20)19-23-26-27-28-31(23)14-4-7-24(32)30-17-12-25(13-18-30)11-8-21-5-2-3-6-22(21)25/h2-3,5-6,8,11,20H,4,7,9-10,12-19H2,1H3. The van der Waals surface area contributed by atoms with Crippen molar-refractivity contribution in [2.24, 2.45) is 5.92 Å². The fourth-order valence-electron chi connectivity index (χ4n) is 5.49. The molecule has 170 valence electrons. The monoisotopic (exact) mass is 434 g/mol. The summed E-state index contributed by atoms with van der Waals surface area (Å²) in [5.74, 6) is 1.99. The minimum Gasteiger partial charge on any atom is -0.343 e. The Balaban J connectivity index is 1.09. The summed E-state index contributed by atoms with van der Waals surface area (Å²) in [6.07, 6.45) is 10.5. The Bertz CT molecular complexity index is 966. The van der Waals surface area contributed by atoms with Crippen LogP contribution in [-0.2, 0) is 23.3 Å². The van der Waals surface area contributed by atoms with Crippen LogP contribution in [0.1, 0.15) is 62.4 Å². The molecule has 7 heteroatoms. The van der Waals surface area contributed by atoms with Crippen LogP contribution in [0.15, 0.2) is 30.3 Å². The van der Waals surface area contributed by atoms with E-state index < -0.39 is 0 Å². The van der Waals surface area contributed by atoms with Gasteiger partial charge in [0.05, 0.1) is 6.54 Å². The van der Waals surface area contributed by atoms with Gasteiger partial charge in [0.25, 0.3) is 0 Å². The molecular weight excluding hydrogens is 400 g/mol. The number of benzene rings is 1. The van der Waals surface area contributed by atoms with E-state index in [9.17, 15) is 4.79 Å². The molecule has 0 saturated carbocycles. The lowest BCUT2D eigenvalue weighted by Crippen LogP contribution is -2.44. The summed E-state index contributed by atoms with van der Waals surface area (Å²) in [4.78, 5) is 17.3. The number of rotatable bonds is 6. The average molecular weight is 435 g/mol. The molecule has 1 aromatic heterocycles. The van der Waals surface area contributed by atoms with Crippen molar-refractivity contribution in [2.75, 3.05) is 26.2 Å². The number of piperidine rings is 2. The van der Waals surface area contributed by atoms with E-state index in [4.69, 9.17) is 0 Å². The number of aromatic nitrogens is 4. The zero-order chi connectivity index (χ0) is 22.0. The highest BCUT2D eigenvalue weighted by Crippen LogP contribution is 2.43. The number of carbonyl (C=O) groups excluding carboxylic acids is 1. The lowest BCUT2D eigenvalue weighted by atomic mass is 9.74. The maximum absolute atomic E-state index is 12.8. The molecule has 2 aliphatic heterocycles. The maximum atomic E-state index is 12.8. The molecule has 3 heterocycles. The first-order valence-electron chi connectivity index (χ1n) is 12.2. The molecule has 5 rings (SSSR count). The van der Waals surface area contributed by atoms with Crippen LogP contribution < -0.4 is 0 Å². The van der Waals surface area contributed by atoms with Gasteiger partial charge in [0.1, 0.15) is 0 Å². The van der Waals surface area contributed by atoms with Gasteiger partial charge in [-0.05, 0) is 72.7 Å². The molecule has 1 spiro atoms. The van der Waals surface area contributed by atoms with Gasteiger partial charge >= 0.3 is 0 Å². The third-order valence-corrected chi connectivity index (χ3v) is 7.70. The van der Waals surface area contributed by atoms with Crippen molar-refractivity contribution in [3.63, 3.8) is 0 Å². The first-order valence-corrected chi connectivity index (χ1v) is 12.2. The SMILES string of the molecule is CC1CCN(Cc2nnnn2CCCC(=O)N2CCC3(C=Cc4ccccc43)CC2)CC1. The highest BCUT2D eigenvalue weighted by atomic mass is 16.2. The number of amides is 1. The average Bonchev–Trinajstić information content (AvgIpc) is 3.41. The van der Waals surface area contributed by atoms with Gasteiger partial charge in [0.15, 0.2) is 5.82 Å². The number of carbonyl (C=O) groups is 1. The smallest absolute Gasteiger partial charge is 0.222 e. The summed E-state index contributed by atoms with van der Waals surface area (Å²) < 4.78 is 1.89. The summed E-state index contributed by atoms with van der Waals surface area (Å²) >= 11 is 0. The second-order valence-electron chi connectivity index (χ2n) is 9.84. The Labute approximate surface area is 190 Å².